The van der Waals surface area contributed by atoms with Crippen LogP contribution in [0.2, 0.25) is 0 Å². The van der Waals surface area contributed by atoms with Gasteiger partial charge < -0.3 is 4.57 Å². The number of para-hydroxylation sites is 2. The van der Waals surface area contributed by atoms with Crippen molar-refractivity contribution in [3.05, 3.63) is 102 Å². The lowest BCUT2D eigenvalue weighted by Gasteiger charge is -2.08. The first-order chi connectivity index (χ1) is 13.9. The normalized spacial score (nSPS) is 11.6. The van der Waals surface area contributed by atoms with E-state index >= 15 is 0 Å². The molecule has 2 heterocycles. The van der Waals surface area contributed by atoms with Crippen LogP contribution in [0.4, 0.5) is 0 Å². The van der Waals surface area contributed by atoms with Crippen molar-refractivity contribution in [1.29, 1.82) is 0 Å². The maximum atomic E-state index is 2.36. The highest BCUT2D eigenvalue weighted by Gasteiger charge is 2.13. The number of rotatable bonds is 2. The number of hydrogen-bond acceptors (Lipinski definition) is 1. The third kappa shape index (κ3) is 2.32. The van der Waals surface area contributed by atoms with Crippen LogP contribution < -0.4 is 0 Å². The van der Waals surface area contributed by atoms with E-state index in [1.54, 1.807) is 11.3 Å². The summed E-state index contributed by atoms with van der Waals surface area (Å²) in [6, 6.07) is 35.1. The van der Waals surface area contributed by atoms with Crippen molar-refractivity contribution >= 4 is 43.2 Å². The molecule has 0 unspecified atom stereocenters. The zero-order chi connectivity index (χ0) is 18.5. The van der Waals surface area contributed by atoms with Crippen LogP contribution in [0.1, 0.15) is 0 Å². The Balaban J connectivity index is 1.64. The molecule has 1 nitrogen and oxygen atoms in total. The Kier molecular flexibility index (Phi) is 3.40. The van der Waals surface area contributed by atoms with Gasteiger partial charge in [0.1, 0.15) is 0 Å². The predicted octanol–water partition coefficient (Wildman–Crippen LogP) is 7.67. The summed E-state index contributed by atoms with van der Waals surface area (Å²) >= 11 is 1.80. The third-order valence-corrected chi connectivity index (χ3v) is 6.36. The minimum absolute atomic E-state index is 1.20. The molecule has 6 aromatic rings. The van der Waals surface area contributed by atoms with Gasteiger partial charge in [-0.2, -0.15) is 0 Å². The second kappa shape index (κ2) is 6.08. The van der Waals surface area contributed by atoms with Gasteiger partial charge in [-0.25, -0.2) is 0 Å². The van der Waals surface area contributed by atoms with Crippen molar-refractivity contribution in [2.45, 2.75) is 0 Å². The quantitative estimate of drug-likeness (QED) is 0.293. The highest BCUT2D eigenvalue weighted by atomic mass is 32.1. The first-order valence-electron chi connectivity index (χ1n) is 9.45. The average Bonchev–Trinajstić information content (AvgIpc) is 3.36. The Morgan fingerprint density at radius 2 is 1.32 bits per heavy atom. The monoisotopic (exact) mass is 375 g/mol. The van der Waals surface area contributed by atoms with Crippen molar-refractivity contribution in [1.82, 2.24) is 4.57 Å². The summed E-state index contributed by atoms with van der Waals surface area (Å²) < 4.78 is 3.70. The van der Waals surface area contributed by atoms with Gasteiger partial charge >= 0.3 is 0 Å². The zero-order valence-electron chi connectivity index (χ0n) is 15.2. The van der Waals surface area contributed by atoms with Crippen molar-refractivity contribution in [3.8, 4) is 16.8 Å². The summed E-state index contributed by atoms with van der Waals surface area (Å²) in [5.41, 5.74) is 6.22. The van der Waals surface area contributed by atoms with Crippen molar-refractivity contribution in [2.24, 2.45) is 0 Å². The number of fused-ring (bicyclic) bond motifs is 4. The molecule has 2 aromatic heterocycles. The molecule has 132 valence electrons. The van der Waals surface area contributed by atoms with E-state index in [2.05, 4.69) is 107 Å². The third-order valence-electron chi connectivity index (χ3n) is 5.48. The molecule has 0 radical (unpaired) electrons. The molecule has 0 fully saturated rings. The van der Waals surface area contributed by atoms with Gasteiger partial charge in [0.05, 0.1) is 11.0 Å². The highest BCUT2D eigenvalue weighted by molar-refractivity contribution is 7.17. The summed E-state index contributed by atoms with van der Waals surface area (Å²) in [6.07, 6.45) is 0. The first kappa shape index (κ1) is 15.7. The molecule has 0 saturated heterocycles. The standard InChI is InChI=1S/C26H17NS/c1-2-6-21(7-3-1)27-24-9-5-4-8-22(24)23-16-19(12-13-25(23)27)20-11-10-18-14-15-28-26(18)17-20/h1-17H. The molecule has 4 aromatic carbocycles. The van der Waals surface area contributed by atoms with E-state index in [9.17, 15) is 0 Å². The molecule has 0 N–H and O–H groups in total. The Labute approximate surface area is 167 Å². The predicted molar refractivity (Wildman–Crippen MR) is 122 cm³/mol. The molecule has 0 aliphatic carbocycles. The lowest BCUT2D eigenvalue weighted by Crippen LogP contribution is -1.92. The van der Waals surface area contributed by atoms with Crippen LogP contribution in [0.25, 0.3) is 48.7 Å². The van der Waals surface area contributed by atoms with Crippen LogP contribution in [0.3, 0.4) is 0 Å². The smallest absolute Gasteiger partial charge is 0.0541 e. The van der Waals surface area contributed by atoms with Gasteiger partial charge in [0.2, 0.25) is 0 Å². The van der Waals surface area contributed by atoms with Crippen LogP contribution in [0, 0.1) is 0 Å². The largest absolute Gasteiger partial charge is 0.309 e. The van der Waals surface area contributed by atoms with E-state index in [0.717, 1.165) is 0 Å². The Hall–Kier alpha value is -3.36. The molecule has 6 rings (SSSR count). The molecular formula is C26H17NS. The van der Waals surface area contributed by atoms with E-state index in [1.807, 2.05) is 0 Å². The zero-order valence-corrected chi connectivity index (χ0v) is 16.0. The van der Waals surface area contributed by atoms with Gasteiger partial charge in [0.15, 0.2) is 0 Å². The van der Waals surface area contributed by atoms with E-state index in [0.29, 0.717) is 0 Å². The fourth-order valence-electron chi connectivity index (χ4n) is 4.14. The lowest BCUT2D eigenvalue weighted by molar-refractivity contribution is 1.18. The van der Waals surface area contributed by atoms with Gasteiger partial charge in [-0.05, 0) is 64.4 Å². The number of hydrogen-bond donors (Lipinski definition) is 0. The van der Waals surface area contributed by atoms with Crippen molar-refractivity contribution < 1.29 is 0 Å². The molecule has 28 heavy (non-hydrogen) atoms. The van der Waals surface area contributed by atoms with Gasteiger partial charge in [-0.15, -0.1) is 11.3 Å². The van der Waals surface area contributed by atoms with E-state index in [1.165, 1.54) is 48.7 Å². The second-order valence-corrected chi connectivity index (χ2v) is 8.04. The molecule has 0 amide bonds. The minimum atomic E-state index is 1.20. The van der Waals surface area contributed by atoms with E-state index < -0.39 is 0 Å². The first-order valence-corrected chi connectivity index (χ1v) is 10.3. The second-order valence-electron chi connectivity index (χ2n) is 7.09. The van der Waals surface area contributed by atoms with Crippen molar-refractivity contribution in [3.63, 3.8) is 0 Å². The highest BCUT2D eigenvalue weighted by Crippen LogP contribution is 2.35. The van der Waals surface area contributed by atoms with Crippen LogP contribution in [-0.2, 0) is 0 Å². The summed E-state index contributed by atoms with van der Waals surface area (Å²) in [5.74, 6) is 0. The maximum Gasteiger partial charge on any atom is 0.0541 e. The number of nitrogens with zero attached hydrogens (tertiary/aromatic N) is 1. The maximum absolute atomic E-state index is 2.36. The van der Waals surface area contributed by atoms with Gasteiger partial charge in [0.25, 0.3) is 0 Å². The lowest BCUT2D eigenvalue weighted by atomic mass is 10.0. The molecule has 2 heteroatoms. The van der Waals surface area contributed by atoms with Crippen LogP contribution >= 0.6 is 11.3 Å². The van der Waals surface area contributed by atoms with E-state index in [4.69, 9.17) is 0 Å². The fourth-order valence-corrected chi connectivity index (χ4v) is 4.97. The van der Waals surface area contributed by atoms with Gasteiger partial charge in [-0.3, -0.25) is 0 Å². The number of benzene rings is 4. The summed E-state index contributed by atoms with van der Waals surface area (Å²) in [6.45, 7) is 0. The number of thiophene rings is 1. The summed E-state index contributed by atoms with van der Waals surface area (Å²) in [5, 5.41) is 6.06. The summed E-state index contributed by atoms with van der Waals surface area (Å²) in [7, 11) is 0. The molecule has 0 bridgehead atoms. The topological polar surface area (TPSA) is 4.93 Å². The number of aromatic nitrogens is 1. The fraction of sp³-hybridized carbons (Fsp3) is 0. The van der Waals surface area contributed by atoms with Crippen molar-refractivity contribution in [2.75, 3.05) is 0 Å². The van der Waals surface area contributed by atoms with Crippen LogP contribution in [0.5, 0.6) is 0 Å². The molecular weight excluding hydrogens is 358 g/mol. The molecule has 0 spiro atoms. The molecule has 0 aliphatic rings. The minimum Gasteiger partial charge on any atom is -0.309 e. The Morgan fingerprint density at radius 1 is 0.571 bits per heavy atom. The van der Waals surface area contributed by atoms with Crippen LogP contribution in [-0.4, -0.2) is 4.57 Å². The SMILES string of the molecule is c1ccc(-n2c3ccccc3c3cc(-c4ccc5ccsc5c4)ccc32)cc1. The molecule has 0 aliphatic heterocycles. The van der Waals surface area contributed by atoms with E-state index in [-0.39, 0.29) is 0 Å². The average molecular weight is 375 g/mol. The Morgan fingerprint density at radius 3 is 2.25 bits per heavy atom. The summed E-state index contributed by atoms with van der Waals surface area (Å²) in [4.78, 5) is 0. The van der Waals surface area contributed by atoms with Gasteiger partial charge in [0, 0.05) is 21.2 Å². The molecule has 0 saturated carbocycles. The van der Waals surface area contributed by atoms with Gasteiger partial charge in [-0.1, -0.05) is 54.6 Å². The Bertz CT molecular complexity index is 1450. The molecule has 0 atom stereocenters. The van der Waals surface area contributed by atoms with Crippen LogP contribution in [0.15, 0.2) is 102 Å².